The van der Waals surface area contributed by atoms with Crippen LogP contribution in [0, 0.1) is 0 Å². The zero-order valence-electron chi connectivity index (χ0n) is 22.1. The zero-order valence-corrected chi connectivity index (χ0v) is 23.9. The van der Waals surface area contributed by atoms with E-state index in [1.165, 1.54) is 21.5 Å². The third kappa shape index (κ3) is 5.51. The highest BCUT2D eigenvalue weighted by atomic mass is 32.1. The molecule has 4 aromatic rings. The first-order valence-corrected chi connectivity index (χ1v) is 16.0. The minimum Gasteiger partial charge on any atom is -0.496 e. The van der Waals surface area contributed by atoms with E-state index in [4.69, 9.17) is 9.47 Å². The molecule has 0 aromatic heterocycles. The third-order valence-corrected chi connectivity index (χ3v) is 14.9. The van der Waals surface area contributed by atoms with Crippen molar-refractivity contribution in [2.24, 2.45) is 0 Å². The van der Waals surface area contributed by atoms with E-state index in [-0.39, 0.29) is 0 Å². The minimum absolute atomic E-state index is 0.469. The van der Waals surface area contributed by atoms with Gasteiger partial charge in [0.15, 0.2) is 0 Å². The van der Waals surface area contributed by atoms with Crippen LogP contribution in [0.3, 0.4) is 0 Å². The van der Waals surface area contributed by atoms with Crippen LogP contribution in [0.25, 0.3) is 11.1 Å². The van der Waals surface area contributed by atoms with Gasteiger partial charge in [-0.05, 0) is 60.4 Å². The summed E-state index contributed by atoms with van der Waals surface area (Å²) in [6.45, 7) is 9.26. The molecular formula is C32H36O2P2. The number of ether oxygens (including phenoxy) is 2. The van der Waals surface area contributed by atoms with Crippen LogP contribution in [0.1, 0.15) is 39.2 Å². The molecule has 0 aliphatic rings. The topological polar surface area (TPSA) is 18.5 Å². The molecule has 0 aliphatic carbocycles. The Hall–Kier alpha value is -2.66. The van der Waals surface area contributed by atoms with Gasteiger partial charge in [0.05, 0.1) is 14.2 Å². The molecule has 4 rings (SSSR count). The standard InChI is InChI=1S/C32H36O2P2/c1-23(2)25-19-21-27(22-20-25)36(26-13-8-7-9-14-26)35(24(3)4)31-18-12-17-30(34-6)32(31)28-15-10-11-16-29(28)33-5/h7-24H,1-6H3/t35?,36-/m1/s1. The summed E-state index contributed by atoms with van der Waals surface area (Å²) in [6, 6.07) is 35.3. The Kier molecular flexibility index (Phi) is 8.84. The van der Waals surface area contributed by atoms with Crippen LogP contribution in [0.2, 0.25) is 0 Å². The first-order chi connectivity index (χ1) is 17.5. The molecule has 4 heteroatoms. The minimum atomic E-state index is -0.631. The molecule has 0 fully saturated rings. The number of methoxy groups -OCH3 is 2. The van der Waals surface area contributed by atoms with Crippen LogP contribution in [-0.2, 0) is 0 Å². The lowest BCUT2D eigenvalue weighted by Gasteiger charge is -2.34. The Morgan fingerprint density at radius 3 is 1.78 bits per heavy atom. The fraction of sp³-hybridized carbons (Fsp3) is 0.250. The zero-order chi connectivity index (χ0) is 25.7. The number of hydrogen-bond donors (Lipinski definition) is 0. The lowest BCUT2D eigenvalue weighted by molar-refractivity contribution is 0.410. The van der Waals surface area contributed by atoms with Gasteiger partial charge in [-0.1, -0.05) is 113 Å². The fourth-order valence-electron chi connectivity index (χ4n) is 4.59. The first kappa shape index (κ1) is 26.4. The average molecular weight is 515 g/mol. The van der Waals surface area contributed by atoms with Crippen molar-refractivity contribution in [2.75, 3.05) is 14.2 Å². The van der Waals surface area contributed by atoms with Crippen LogP contribution < -0.4 is 25.4 Å². The van der Waals surface area contributed by atoms with E-state index < -0.39 is 15.2 Å². The highest BCUT2D eigenvalue weighted by Gasteiger charge is 2.32. The number of para-hydroxylation sites is 1. The lowest BCUT2D eigenvalue weighted by atomic mass is 10.0. The van der Waals surface area contributed by atoms with Crippen LogP contribution in [0.4, 0.5) is 0 Å². The van der Waals surface area contributed by atoms with Gasteiger partial charge in [-0.2, -0.15) is 0 Å². The molecule has 0 saturated heterocycles. The highest BCUT2D eigenvalue weighted by molar-refractivity contribution is 8.39. The van der Waals surface area contributed by atoms with Gasteiger partial charge in [-0.3, -0.25) is 0 Å². The van der Waals surface area contributed by atoms with E-state index in [1.54, 1.807) is 14.2 Å². The number of rotatable bonds is 9. The molecule has 0 saturated carbocycles. The molecule has 4 aromatic carbocycles. The maximum Gasteiger partial charge on any atom is 0.127 e. The maximum absolute atomic E-state index is 5.97. The van der Waals surface area contributed by atoms with Crippen molar-refractivity contribution >= 4 is 31.1 Å². The van der Waals surface area contributed by atoms with E-state index in [0.29, 0.717) is 11.6 Å². The van der Waals surface area contributed by atoms with E-state index in [2.05, 4.69) is 113 Å². The van der Waals surface area contributed by atoms with Crippen LogP contribution in [0.15, 0.2) is 97.1 Å². The van der Waals surface area contributed by atoms with E-state index in [9.17, 15) is 0 Å². The van der Waals surface area contributed by atoms with Crippen molar-refractivity contribution in [3.05, 3.63) is 103 Å². The van der Waals surface area contributed by atoms with Crippen molar-refractivity contribution in [2.45, 2.75) is 39.3 Å². The molecule has 0 bridgehead atoms. The Bertz CT molecular complexity index is 1270. The number of hydrogen-bond acceptors (Lipinski definition) is 2. The van der Waals surface area contributed by atoms with E-state index in [1.807, 2.05) is 12.1 Å². The summed E-state index contributed by atoms with van der Waals surface area (Å²) in [4.78, 5) is 0. The number of benzene rings is 4. The van der Waals surface area contributed by atoms with Gasteiger partial charge in [-0.25, -0.2) is 0 Å². The average Bonchev–Trinajstić information content (AvgIpc) is 2.91. The smallest absolute Gasteiger partial charge is 0.127 e. The van der Waals surface area contributed by atoms with Crippen molar-refractivity contribution in [1.82, 2.24) is 0 Å². The Balaban J connectivity index is 1.98. The highest BCUT2D eigenvalue weighted by Crippen LogP contribution is 2.70. The molecule has 0 aliphatic heterocycles. The Morgan fingerprint density at radius 1 is 0.583 bits per heavy atom. The van der Waals surface area contributed by atoms with Crippen LogP contribution in [0.5, 0.6) is 11.5 Å². The van der Waals surface area contributed by atoms with Crippen LogP contribution in [-0.4, -0.2) is 19.9 Å². The maximum atomic E-state index is 5.97. The van der Waals surface area contributed by atoms with Gasteiger partial charge in [0, 0.05) is 11.1 Å². The molecule has 0 spiro atoms. The molecule has 1 unspecified atom stereocenters. The molecule has 0 heterocycles. The molecule has 2 nitrogen and oxygen atoms in total. The molecule has 0 radical (unpaired) electrons. The lowest BCUT2D eigenvalue weighted by Crippen LogP contribution is -2.20. The second-order valence-corrected chi connectivity index (χ2v) is 15.7. The van der Waals surface area contributed by atoms with Gasteiger partial charge in [0.25, 0.3) is 0 Å². The van der Waals surface area contributed by atoms with Crippen molar-refractivity contribution in [3.63, 3.8) is 0 Å². The molecular weight excluding hydrogens is 478 g/mol. The molecule has 0 amide bonds. The van der Waals surface area contributed by atoms with E-state index >= 15 is 0 Å². The molecule has 0 N–H and O–H groups in total. The molecule has 36 heavy (non-hydrogen) atoms. The SMILES string of the molecule is COc1ccccc1-c1c(OC)cccc1P(C(C)C)[P@](c1ccccc1)c1ccc(C(C)C)cc1. The second kappa shape index (κ2) is 12.1. The Labute approximate surface area is 219 Å². The largest absolute Gasteiger partial charge is 0.496 e. The van der Waals surface area contributed by atoms with Crippen molar-refractivity contribution in [1.29, 1.82) is 0 Å². The fourth-order valence-corrected chi connectivity index (χ4v) is 13.0. The van der Waals surface area contributed by atoms with Crippen molar-refractivity contribution < 1.29 is 9.47 Å². The summed E-state index contributed by atoms with van der Waals surface area (Å²) in [5.74, 6) is 2.28. The van der Waals surface area contributed by atoms with Gasteiger partial charge in [0.2, 0.25) is 0 Å². The molecule has 2 atom stereocenters. The Morgan fingerprint density at radius 2 is 1.17 bits per heavy atom. The third-order valence-electron chi connectivity index (χ3n) is 6.36. The molecule has 186 valence electrons. The van der Waals surface area contributed by atoms with Crippen molar-refractivity contribution in [3.8, 4) is 22.6 Å². The van der Waals surface area contributed by atoms with E-state index in [0.717, 1.165) is 22.6 Å². The van der Waals surface area contributed by atoms with Crippen LogP contribution >= 0.6 is 15.2 Å². The second-order valence-electron chi connectivity index (χ2n) is 9.39. The van der Waals surface area contributed by atoms with Gasteiger partial charge >= 0.3 is 0 Å². The predicted octanol–water partition coefficient (Wildman–Crippen LogP) is 8.06. The first-order valence-electron chi connectivity index (χ1n) is 12.5. The van der Waals surface area contributed by atoms with Gasteiger partial charge < -0.3 is 9.47 Å². The monoisotopic (exact) mass is 514 g/mol. The summed E-state index contributed by atoms with van der Waals surface area (Å²) in [7, 11) is 2.27. The predicted molar refractivity (Wildman–Crippen MR) is 160 cm³/mol. The normalized spacial score (nSPS) is 13.0. The van der Waals surface area contributed by atoms with Gasteiger partial charge in [0.1, 0.15) is 11.5 Å². The summed E-state index contributed by atoms with van der Waals surface area (Å²) >= 11 is 0. The quantitative estimate of drug-likeness (QED) is 0.210. The summed E-state index contributed by atoms with van der Waals surface area (Å²) in [6.07, 6.45) is 0. The summed E-state index contributed by atoms with van der Waals surface area (Å²) in [5, 5.41) is 4.21. The van der Waals surface area contributed by atoms with Gasteiger partial charge in [-0.15, -0.1) is 0 Å². The summed E-state index contributed by atoms with van der Waals surface area (Å²) < 4.78 is 11.8. The summed E-state index contributed by atoms with van der Waals surface area (Å²) in [5.41, 5.74) is 4.08.